The van der Waals surface area contributed by atoms with Gasteiger partial charge >= 0.3 is 7.67 Å². The molecule has 1 fully saturated rings. The Morgan fingerprint density at radius 3 is 2.00 bits per heavy atom. The molecule has 1 saturated heterocycles. The van der Waals surface area contributed by atoms with Gasteiger partial charge in [-0.05, 0) is 26.9 Å². The highest BCUT2D eigenvalue weighted by atomic mass is 31.2. The van der Waals surface area contributed by atoms with E-state index in [1.807, 2.05) is 18.8 Å². The number of hydrogen-bond donors (Lipinski definition) is 1. The number of rotatable bonds is 13. The lowest BCUT2D eigenvalue weighted by molar-refractivity contribution is -0.110. The molecule has 1 rings (SSSR count). The van der Waals surface area contributed by atoms with Crippen LogP contribution < -0.4 is 0 Å². The molecule has 0 aliphatic carbocycles. The predicted octanol–water partition coefficient (Wildman–Crippen LogP) is 4.60. The first-order valence-corrected chi connectivity index (χ1v) is 11.6. The van der Waals surface area contributed by atoms with Crippen LogP contribution in [0, 0.1) is 0 Å². The lowest BCUT2D eigenvalue weighted by Gasteiger charge is -2.40. The van der Waals surface area contributed by atoms with Gasteiger partial charge in [-0.25, -0.2) is 9.34 Å². The van der Waals surface area contributed by atoms with Crippen LogP contribution in [0.5, 0.6) is 0 Å². The molecule has 2 atom stereocenters. The highest BCUT2D eigenvalue weighted by Gasteiger charge is 2.38. The Morgan fingerprint density at radius 2 is 1.48 bits per heavy atom. The van der Waals surface area contributed by atoms with E-state index in [1.54, 1.807) is 4.67 Å². The molecule has 1 aliphatic rings. The van der Waals surface area contributed by atoms with E-state index in [9.17, 15) is 9.77 Å². The summed E-state index contributed by atoms with van der Waals surface area (Å²) in [5.74, 6) is 0. The maximum atomic E-state index is 13.6. The van der Waals surface area contributed by atoms with Gasteiger partial charge in [-0.3, -0.25) is 4.57 Å². The number of nitrogens with zero attached hydrogens (tertiary/aromatic N) is 3. The third kappa shape index (κ3) is 8.06. The van der Waals surface area contributed by atoms with Gasteiger partial charge in [0.1, 0.15) is 0 Å². The quantitative estimate of drug-likeness (QED) is 0.374. The van der Waals surface area contributed by atoms with Crippen molar-refractivity contribution in [2.24, 2.45) is 0 Å². The molecule has 1 heterocycles. The lowest BCUT2D eigenvalue weighted by atomic mass is 10.0. The third-order valence-corrected chi connectivity index (χ3v) is 7.59. The van der Waals surface area contributed by atoms with E-state index in [2.05, 4.69) is 13.8 Å². The molecule has 0 saturated carbocycles. The van der Waals surface area contributed by atoms with Crippen molar-refractivity contribution in [2.75, 3.05) is 40.3 Å². The Morgan fingerprint density at radius 1 is 0.960 bits per heavy atom. The van der Waals surface area contributed by atoms with Crippen molar-refractivity contribution in [1.82, 2.24) is 14.4 Å². The molecule has 0 aromatic carbocycles. The summed E-state index contributed by atoms with van der Waals surface area (Å²) in [6.07, 6.45) is 10.4. The monoisotopic (exact) mass is 377 g/mol. The summed E-state index contributed by atoms with van der Waals surface area (Å²) in [5, 5.41) is 10.9. The average molecular weight is 378 g/mol. The van der Waals surface area contributed by atoms with Crippen LogP contribution in [-0.2, 0) is 9.09 Å². The third-order valence-electron chi connectivity index (χ3n) is 4.89. The second-order valence-electron chi connectivity index (χ2n) is 7.32. The van der Waals surface area contributed by atoms with E-state index in [-0.39, 0.29) is 6.10 Å². The fourth-order valence-corrected chi connectivity index (χ4v) is 5.33. The van der Waals surface area contributed by atoms with Gasteiger partial charge in [0.05, 0.1) is 6.10 Å². The van der Waals surface area contributed by atoms with Gasteiger partial charge in [0.25, 0.3) is 0 Å². The Balaban J connectivity index is 2.70. The molecule has 1 aliphatic heterocycles. The Hall–Kier alpha value is 0.0300. The summed E-state index contributed by atoms with van der Waals surface area (Å²) in [7, 11) is 0.654. The minimum atomic E-state index is -3.02. The summed E-state index contributed by atoms with van der Waals surface area (Å²) in [6.45, 7) is 6.59. The van der Waals surface area contributed by atoms with Crippen molar-refractivity contribution in [1.29, 1.82) is 0 Å². The summed E-state index contributed by atoms with van der Waals surface area (Å²) in [5.41, 5.74) is 0. The van der Waals surface area contributed by atoms with Crippen LogP contribution in [0.15, 0.2) is 0 Å². The molecule has 0 amide bonds. The second-order valence-corrected chi connectivity index (χ2v) is 9.88. The predicted molar refractivity (Wildman–Crippen MR) is 104 cm³/mol. The first-order valence-electron chi connectivity index (χ1n) is 10.1. The minimum absolute atomic E-state index is 0.0591. The maximum Gasteiger partial charge on any atom is 0.345 e. The van der Waals surface area contributed by atoms with Gasteiger partial charge in [0, 0.05) is 26.2 Å². The number of unbranched alkanes of at least 4 members (excludes halogenated alkanes) is 5. The zero-order valence-electron chi connectivity index (χ0n) is 16.8. The maximum absolute atomic E-state index is 13.6. The molecule has 1 N–H and O–H groups in total. The van der Waals surface area contributed by atoms with Crippen molar-refractivity contribution in [2.45, 2.75) is 77.7 Å². The van der Waals surface area contributed by atoms with Crippen molar-refractivity contribution in [3.63, 3.8) is 0 Å². The van der Waals surface area contributed by atoms with Gasteiger partial charge < -0.3 is 9.73 Å². The summed E-state index contributed by atoms with van der Waals surface area (Å²) < 4.78 is 23.6. The van der Waals surface area contributed by atoms with Crippen LogP contribution in [0.1, 0.15) is 71.6 Å². The SMILES string of the molecule is CCCCCC[C@@H](CCCCC)OP(=O)(N(C)C)N1CCN(O)CC1. The van der Waals surface area contributed by atoms with Gasteiger partial charge in [0.2, 0.25) is 0 Å². The topological polar surface area (TPSA) is 56.2 Å². The van der Waals surface area contributed by atoms with Crippen LogP contribution in [0.25, 0.3) is 0 Å². The molecule has 25 heavy (non-hydrogen) atoms. The second kappa shape index (κ2) is 12.4. The molecule has 6 nitrogen and oxygen atoms in total. The molecule has 0 radical (unpaired) electrons. The van der Waals surface area contributed by atoms with E-state index in [0.717, 1.165) is 25.7 Å². The van der Waals surface area contributed by atoms with E-state index < -0.39 is 7.67 Å². The molecule has 1 unspecified atom stereocenters. The van der Waals surface area contributed by atoms with E-state index in [0.29, 0.717) is 26.2 Å². The van der Waals surface area contributed by atoms with Crippen molar-refractivity contribution >= 4 is 7.67 Å². The molecular formula is C18H40N3O3P. The normalized spacial score (nSPS) is 20.7. The fraction of sp³-hybridized carbons (Fsp3) is 1.00. The summed E-state index contributed by atoms with van der Waals surface area (Å²) in [4.78, 5) is 0. The molecule has 7 heteroatoms. The summed E-state index contributed by atoms with van der Waals surface area (Å²) in [6, 6.07) is 0. The van der Waals surface area contributed by atoms with Crippen LogP contribution in [0.2, 0.25) is 0 Å². The van der Waals surface area contributed by atoms with Gasteiger partial charge in [0.15, 0.2) is 0 Å². The molecule has 0 aromatic heterocycles. The minimum Gasteiger partial charge on any atom is -0.314 e. The molecule has 150 valence electrons. The van der Waals surface area contributed by atoms with E-state index >= 15 is 0 Å². The number of hydrogen-bond acceptors (Lipinski definition) is 4. The molecule has 0 aromatic rings. The largest absolute Gasteiger partial charge is 0.345 e. The van der Waals surface area contributed by atoms with Gasteiger partial charge in [-0.15, -0.1) is 0 Å². The Labute approximate surface area is 155 Å². The number of hydroxylamine groups is 2. The van der Waals surface area contributed by atoms with Crippen molar-refractivity contribution in [3.05, 3.63) is 0 Å². The van der Waals surface area contributed by atoms with Crippen LogP contribution in [0.3, 0.4) is 0 Å². The molecular weight excluding hydrogens is 337 g/mol. The first kappa shape index (κ1) is 23.1. The number of piperazine rings is 1. The summed E-state index contributed by atoms with van der Waals surface area (Å²) >= 11 is 0. The molecule has 0 spiro atoms. The van der Waals surface area contributed by atoms with Crippen LogP contribution in [0.4, 0.5) is 0 Å². The first-order chi connectivity index (χ1) is 11.9. The highest BCUT2D eigenvalue weighted by Crippen LogP contribution is 2.54. The standard InChI is InChI=1S/C18H40N3O3P/c1-5-7-9-11-13-18(12-10-8-6-2)24-25(23,19(3)4)21-16-14-20(22)15-17-21/h18,22H,5-17H2,1-4H3/t18-,25?/m1/s1. The Kier molecular flexibility index (Phi) is 11.5. The zero-order chi connectivity index (χ0) is 18.7. The van der Waals surface area contributed by atoms with Crippen molar-refractivity contribution < 1.29 is 14.3 Å². The zero-order valence-corrected chi connectivity index (χ0v) is 17.7. The highest BCUT2D eigenvalue weighted by molar-refractivity contribution is 7.53. The molecule has 0 bridgehead atoms. The average Bonchev–Trinajstić information content (AvgIpc) is 2.59. The smallest absolute Gasteiger partial charge is 0.314 e. The van der Waals surface area contributed by atoms with Crippen molar-refractivity contribution in [3.8, 4) is 0 Å². The van der Waals surface area contributed by atoms with Crippen LogP contribution >= 0.6 is 7.67 Å². The Bertz CT molecular complexity index is 388. The van der Waals surface area contributed by atoms with E-state index in [1.165, 1.54) is 37.2 Å². The fourth-order valence-electron chi connectivity index (χ4n) is 3.22. The van der Waals surface area contributed by atoms with Gasteiger partial charge in [-0.1, -0.05) is 58.8 Å². The van der Waals surface area contributed by atoms with Crippen LogP contribution in [-0.4, -0.2) is 66.0 Å². The lowest BCUT2D eigenvalue weighted by Crippen LogP contribution is -2.45. The van der Waals surface area contributed by atoms with Gasteiger partial charge in [-0.2, -0.15) is 5.06 Å². The van der Waals surface area contributed by atoms with E-state index in [4.69, 9.17) is 4.52 Å².